The lowest BCUT2D eigenvalue weighted by Gasteiger charge is -2.36. The second-order valence-corrected chi connectivity index (χ2v) is 8.52. The monoisotopic (exact) mass is 365 g/mol. The number of hydrogen-bond donors (Lipinski definition) is 0. The van der Waals surface area contributed by atoms with Gasteiger partial charge in [0.15, 0.2) is 0 Å². The van der Waals surface area contributed by atoms with Crippen molar-refractivity contribution in [3.8, 4) is 0 Å². The van der Waals surface area contributed by atoms with Gasteiger partial charge in [0.2, 0.25) is 11.8 Å². The Morgan fingerprint density at radius 3 is 2.63 bits per heavy atom. The summed E-state index contributed by atoms with van der Waals surface area (Å²) in [6.45, 7) is 2.75. The van der Waals surface area contributed by atoms with Gasteiger partial charge >= 0.3 is 0 Å². The number of rotatable bonds is 3. The first kappa shape index (κ1) is 16.8. The summed E-state index contributed by atoms with van der Waals surface area (Å²) in [6.07, 6.45) is 7.45. The molecule has 0 unspecified atom stereocenters. The smallest absolute Gasteiger partial charge is 0.242 e. The number of fused-ring (bicyclic) bond motifs is 5. The minimum Gasteiger partial charge on any atom is -0.340 e. The third-order valence-corrected chi connectivity index (χ3v) is 6.79. The van der Waals surface area contributed by atoms with Crippen LogP contribution in [0.25, 0.3) is 10.9 Å². The van der Waals surface area contributed by atoms with Gasteiger partial charge in [0, 0.05) is 43.3 Å². The summed E-state index contributed by atoms with van der Waals surface area (Å²) >= 11 is 0. The fourth-order valence-corrected chi connectivity index (χ4v) is 5.00. The molecule has 5 nitrogen and oxygen atoms in total. The Labute approximate surface area is 159 Å². The number of piperidine rings is 1. The molecule has 0 radical (unpaired) electrons. The van der Waals surface area contributed by atoms with Gasteiger partial charge < -0.3 is 14.4 Å². The predicted octanol–water partition coefficient (Wildman–Crippen LogP) is 2.89. The summed E-state index contributed by atoms with van der Waals surface area (Å²) in [5.41, 5.74) is 1.10. The highest BCUT2D eigenvalue weighted by molar-refractivity contribution is 5.84. The lowest BCUT2D eigenvalue weighted by molar-refractivity contribution is -0.140. The molecular weight excluding hydrogens is 338 g/mol. The Balaban J connectivity index is 1.31. The van der Waals surface area contributed by atoms with E-state index in [1.165, 1.54) is 11.8 Å². The van der Waals surface area contributed by atoms with Crippen LogP contribution in [0.15, 0.2) is 36.5 Å². The molecule has 1 saturated carbocycles. The molecule has 4 heterocycles. The molecule has 1 aliphatic carbocycles. The second kappa shape index (κ2) is 6.70. The van der Waals surface area contributed by atoms with Crippen LogP contribution in [0.3, 0.4) is 0 Å². The van der Waals surface area contributed by atoms with Crippen molar-refractivity contribution in [3.05, 3.63) is 36.5 Å². The lowest BCUT2D eigenvalue weighted by Crippen LogP contribution is -2.49. The first-order chi connectivity index (χ1) is 13.2. The molecule has 5 heteroatoms. The average molecular weight is 365 g/mol. The molecule has 4 aliphatic rings. The van der Waals surface area contributed by atoms with Crippen molar-refractivity contribution in [2.75, 3.05) is 19.6 Å². The number of para-hydroxylation sites is 1. The van der Waals surface area contributed by atoms with Crippen LogP contribution in [0.2, 0.25) is 0 Å². The van der Waals surface area contributed by atoms with E-state index in [1.807, 2.05) is 22.9 Å². The maximum absolute atomic E-state index is 13.1. The minimum atomic E-state index is 0.183. The van der Waals surface area contributed by atoms with Gasteiger partial charge in [0.1, 0.15) is 6.54 Å². The topological polar surface area (TPSA) is 45.6 Å². The Hall–Kier alpha value is -2.30. The summed E-state index contributed by atoms with van der Waals surface area (Å²) in [6, 6.07) is 10.4. The molecule has 0 N–H and O–H groups in total. The molecule has 2 bridgehead atoms. The fourth-order valence-electron chi connectivity index (χ4n) is 5.00. The first-order valence-electron chi connectivity index (χ1n) is 10.3. The van der Waals surface area contributed by atoms with E-state index >= 15 is 0 Å². The molecule has 1 aromatic carbocycles. The van der Waals surface area contributed by atoms with Crippen LogP contribution in [0, 0.1) is 11.8 Å². The molecule has 2 aromatic rings. The van der Waals surface area contributed by atoms with Crippen molar-refractivity contribution in [2.24, 2.45) is 11.8 Å². The summed E-state index contributed by atoms with van der Waals surface area (Å²) < 4.78 is 2.05. The molecule has 4 fully saturated rings. The van der Waals surface area contributed by atoms with Gasteiger partial charge in [-0.15, -0.1) is 0 Å². The maximum atomic E-state index is 13.1. The Bertz CT molecular complexity index is 869. The van der Waals surface area contributed by atoms with Gasteiger partial charge in [-0.05, 0) is 49.1 Å². The van der Waals surface area contributed by atoms with Crippen molar-refractivity contribution in [1.29, 1.82) is 0 Å². The molecule has 142 valence electrons. The third kappa shape index (κ3) is 3.03. The summed E-state index contributed by atoms with van der Waals surface area (Å²) in [4.78, 5) is 30.0. The normalized spacial score (nSPS) is 25.5. The highest BCUT2D eigenvalue weighted by Crippen LogP contribution is 2.33. The van der Waals surface area contributed by atoms with E-state index in [2.05, 4.69) is 28.0 Å². The molecule has 3 saturated heterocycles. The van der Waals surface area contributed by atoms with E-state index in [0.29, 0.717) is 18.4 Å². The van der Waals surface area contributed by atoms with Crippen molar-refractivity contribution in [1.82, 2.24) is 14.4 Å². The SMILES string of the molecule is O=C(C1CCC1)N1C[C@@H]2CC[C@H](C1)N(C(=O)Cn1ccc3ccccc31)C2. The van der Waals surface area contributed by atoms with Crippen LogP contribution in [-0.4, -0.2) is 51.9 Å². The van der Waals surface area contributed by atoms with Crippen molar-refractivity contribution in [2.45, 2.75) is 44.7 Å². The van der Waals surface area contributed by atoms with Gasteiger partial charge in [-0.25, -0.2) is 0 Å². The molecule has 2 amide bonds. The molecular formula is C22H27N3O2. The summed E-state index contributed by atoms with van der Waals surface area (Å²) in [7, 11) is 0. The molecule has 27 heavy (non-hydrogen) atoms. The fraction of sp³-hybridized carbons (Fsp3) is 0.545. The minimum absolute atomic E-state index is 0.183. The van der Waals surface area contributed by atoms with Crippen molar-refractivity contribution >= 4 is 22.7 Å². The van der Waals surface area contributed by atoms with E-state index in [0.717, 1.165) is 50.8 Å². The number of nitrogens with zero attached hydrogens (tertiary/aromatic N) is 3. The quantitative estimate of drug-likeness (QED) is 0.840. The zero-order chi connectivity index (χ0) is 18.4. The number of hydrogen-bond acceptors (Lipinski definition) is 2. The highest BCUT2D eigenvalue weighted by Gasteiger charge is 2.40. The van der Waals surface area contributed by atoms with E-state index < -0.39 is 0 Å². The van der Waals surface area contributed by atoms with Crippen LogP contribution in [-0.2, 0) is 16.1 Å². The van der Waals surface area contributed by atoms with E-state index in [4.69, 9.17) is 0 Å². The molecule has 3 aliphatic heterocycles. The first-order valence-corrected chi connectivity index (χ1v) is 10.3. The molecule has 0 spiro atoms. The van der Waals surface area contributed by atoms with Crippen LogP contribution in [0.4, 0.5) is 0 Å². The molecule has 6 rings (SSSR count). The zero-order valence-electron chi connectivity index (χ0n) is 15.7. The van der Waals surface area contributed by atoms with Crippen LogP contribution < -0.4 is 0 Å². The highest BCUT2D eigenvalue weighted by atomic mass is 16.2. The zero-order valence-corrected chi connectivity index (χ0v) is 15.7. The van der Waals surface area contributed by atoms with Crippen LogP contribution >= 0.6 is 0 Å². The van der Waals surface area contributed by atoms with Gasteiger partial charge in [0.25, 0.3) is 0 Å². The maximum Gasteiger partial charge on any atom is 0.242 e. The number of carbonyl (C=O) groups excluding carboxylic acids is 2. The Morgan fingerprint density at radius 1 is 0.963 bits per heavy atom. The van der Waals surface area contributed by atoms with Gasteiger partial charge in [-0.2, -0.15) is 0 Å². The number of carbonyl (C=O) groups is 2. The van der Waals surface area contributed by atoms with E-state index in [1.54, 1.807) is 0 Å². The predicted molar refractivity (Wildman–Crippen MR) is 104 cm³/mol. The largest absolute Gasteiger partial charge is 0.340 e. The van der Waals surface area contributed by atoms with E-state index in [-0.39, 0.29) is 17.9 Å². The Kier molecular flexibility index (Phi) is 4.18. The number of aromatic nitrogens is 1. The van der Waals surface area contributed by atoms with Crippen LogP contribution in [0.1, 0.15) is 32.1 Å². The van der Waals surface area contributed by atoms with Gasteiger partial charge in [0.05, 0.1) is 0 Å². The summed E-state index contributed by atoms with van der Waals surface area (Å²) in [5, 5.41) is 1.17. The van der Waals surface area contributed by atoms with Crippen LogP contribution in [0.5, 0.6) is 0 Å². The third-order valence-electron chi connectivity index (χ3n) is 6.79. The lowest BCUT2D eigenvalue weighted by atomic mass is 9.84. The molecule has 2 atom stereocenters. The number of amides is 2. The Morgan fingerprint density at radius 2 is 1.81 bits per heavy atom. The summed E-state index contributed by atoms with van der Waals surface area (Å²) in [5.74, 6) is 1.20. The van der Waals surface area contributed by atoms with Crippen molar-refractivity contribution in [3.63, 3.8) is 0 Å². The van der Waals surface area contributed by atoms with E-state index in [9.17, 15) is 9.59 Å². The van der Waals surface area contributed by atoms with Gasteiger partial charge in [-0.3, -0.25) is 9.59 Å². The number of benzene rings is 1. The molecule has 1 aromatic heterocycles. The standard InChI is InChI=1S/C22H27N3O2/c26-21(15-23-11-10-17-4-1-2-7-20(17)23)25-13-16-8-9-19(25)14-24(12-16)22(27)18-5-3-6-18/h1-2,4,7,10-11,16,18-19H,3,5-6,8-9,12-15H2/t16-,19+/m0/s1. The van der Waals surface area contributed by atoms with Gasteiger partial charge in [-0.1, -0.05) is 24.6 Å². The second-order valence-electron chi connectivity index (χ2n) is 8.52. The average Bonchev–Trinajstić information content (AvgIpc) is 2.82. The van der Waals surface area contributed by atoms with Crippen molar-refractivity contribution < 1.29 is 9.59 Å².